The van der Waals surface area contributed by atoms with Crippen molar-refractivity contribution in [3.63, 3.8) is 0 Å². The highest BCUT2D eigenvalue weighted by atomic mass is 16.5. The first kappa shape index (κ1) is 12.5. The highest BCUT2D eigenvalue weighted by molar-refractivity contribution is 5.77. The summed E-state index contributed by atoms with van der Waals surface area (Å²) in [4.78, 5) is 11.6. The Balaban J connectivity index is 2.70. The summed E-state index contributed by atoms with van der Waals surface area (Å²) < 4.78 is 5.24. The van der Waals surface area contributed by atoms with Gasteiger partial charge in [-0.25, -0.2) is 0 Å². The van der Waals surface area contributed by atoms with Gasteiger partial charge >= 0.3 is 5.97 Å². The predicted octanol–water partition coefficient (Wildman–Crippen LogP) is 3.64. The zero-order valence-corrected chi connectivity index (χ0v) is 10.3. The van der Waals surface area contributed by atoms with Crippen molar-refractivity contribution in [3.8, 4) is 0 Å². The van der Waals surface area contributed by atoms with E-state index in [0.29, 0.717) is 5.76 Å². The topological polar surface area (TPSA) is 26.3 Å². The summed E-state index contributed by atoms with van der Waals surface area (Å²) in [5, 5.41) is 0. The molecule has 0 aliphatic carbocycles. The number of esters is 1. The lowest BCUT2D eigenvalue weighted by atomic mass is 9.97. The van der Waals surface area contributed by atoms with Gasteiger partial charge in [0, 0.05) is 0 Å². The van der Waals surface area contributed by atoms with Gasteiger partial charge < -0.3 is 4.74 Å². The zero-order valence-electron chi connectivity index (χ0n) is 10.3. The van der Waals surface area contributed by atoms with Crippen LogP contribution in [-0.4, -0.2) is 5.97 Å². The summed E-state index contributed by atoms with van der Waals surface area (Å²) in [6, 6.07) is 9.78. The molecule has 0 heterocycles. The molecule has 0 saturated heterocycles. The Morgan fingerprint density at radius 1 is 1.19 bits per heavy atom. The number of carbonyl (C=O) groups excluding carboxylic acids is 1. The number of ether oxygens (including phenoxy) is 1. The molecular formula is C14H18O2. The van der Waals surface area contributed by atoms with Gasteiger partial charge in [-0.1, -0.05) is 30.3 Å². The number of hydrogen-bond donors (Lipinski definition) is 0. The third-order valence-electron chi connectivity index (χ3n) is 2.04. The minimum Gasteiger partial charge on any atom is -0.431 e. The van der Waals surface area contributed by atoms with E-state index in [1.54, 1.807) is 6.92 Å². The molecule has 2 heteroatoms. The van der Waals surface area contributed by atoms with Gasteiger partial charge in [0.25, 0.3) is 0 Å². The fourth-order valence-corrected chi connectivity index (χ4v) is 1.11. The molecule has 1 rings (SSSR count). The summed E-state index contributed by atoms with van der Waals surface area (Å²) in [6.07, 6.45) is 1.85. The van der Waals surface area contributed by atoms with Crippen LogP contribution in [0.25, 0.3) is 6.08 Å². The van der Waals surface area contributed by atoms with Crippen molar-refractivity contribution in [3.05, 3.63) is 41.7 Å². The maximum Gasteiger partial charge on any atom is 0.316 e. The molecule has 0 bridgehead atoms. The molecule has 0 unspecified atom stereocenters. The van der Waals surface area contributed by atoms with Gasteiger partial charge in [-0.05, 0) is 39.3 Å². The van der Waals surface area contributed by atoms with Crippen LogP contribution in [0.5, 0.6) is 0 Å². The highest BCUT2D eigenvalue weighted by Crippen LogP contribution is 2.18. The molecule has 0 radical (unpaired) electrons. The molecule has 1 aromatic carbocycles. The van der Waals surface area contributed by atoms with E-state index < -0.39 is 5.41 Å². The van der Waals surface area contributed by atoms with Crippen molar-refractivity contribution < 1.29 is 9.53 Å². The van der Waals surface area contributed by atoms with Crippen LogP contribution in [0.2, 0.25) is 0 Å². The Morgan fingerprint density at radius 2 is 1.75 bits per heavy atom. The highest BCUT2D eigenvalue weighted by Gasteiger charge is 2.23. The monoisotopic (exact) mass is 218 g/mol. The average Bonchev–Trinajstić information content (AvgIpc) is 2.17. The lowest BCUT2D eigenvalue weighted by molar-refractivity contribution is -0.148. The Hall–Kier alpha value is -1.57. The first-order chi connectivity index (χ1) is 7.39. The van der Waals surface area contributed by atoms with Crippen LogP contribution in [-0.2, 0) is 9.53 Å². The van der Waals surface area contributed by atoms with E-state index in [4.69, 9.17) is 4.74 Å². The van der Waals surface area contributed by atoms with Crippen molar-refractivity contribution in [2.75, 3.05) is 0 Å². The lowest BCUT2D eigenvalue weighted by Gasteiger charge is -2.16. The molecule has 0 aliphatic heterocycles. The number of rotatable bonds is 2. The van der Waals surface area contributed by atoms with Crippen molar-refractivity contribution in [1.82, 2.24) is 0 Å². The van der Waals surface area contributed by atoms with Crippen LogP contribution in [0.4, 0.5) is 0 Å². The second kappa shape index (κ2) is 4.97. The molecule has 86 valence electrons. The fourth-order valence-electron chi connectivity index (χ4n) is 1.11. The second-order valence-electron chi connectivity index (χ2n) is 4.81. The third-order valence-corrected chi connectivity index (χ3v) is 2.04. The molecule has 0 N–H and O–H groups in total. The van der Waals surface area contributed by atoms with Gasteiger partial charge in [0.2, 0.25) is 0 Å². The van der Waals surface area contributed by atoms with Crippen LogP contribution in [0, 0.1) is 5.41 Å². The van der Waals surface area contributed by atoms with Gasteiger partial charge in [-0.15, -0.1) is 0 Å². The second-order valence-corrected chi connectivity index (χ2v) is 4.81. The maximum absolute atomic E-state index is 11.6. The number of hydrogen-bond acceptors (Lipinski definition) is 2. The Kier molecular flexibility index (Phi) is 3.88. The number of benzene rings is 1. The molecule has 2 nitrogen and oxygen atoms in total. The van der Waals surface area contributed by atoms with Gasteiger partial charge in [0.15, 0.2) is 0 Å². The predicted molar refractivity (Wildman–Crippen MR) is 65.6 cm³/mol. The largest absolute Gasteiger partial charge is 0.431 e. The van der Waals surface area contributed by atoms with Gasteiger partial charge in [0.05, 0.1) is 5.41 Å². The molecule has 0 spiro atoms. The van der Waals surface area contributed by atoms with Crippen molar-refractivity contribution in [1.29, 1.82) is 0 Å². The third kappa shape index (κ3) is 3.89. The Labute approximate surface area is 96.9 Å². The summed E-state index contributed by atoms with van der Waals surface area (Å²) in [5.74, 6) is 0.406. The van der Waals surface area contributed by atoms with E-state index in [1.165, 1.54) is 0 Å². The minimum atomic E-state index is -0.466. The van der Waals surface area contributed by atoms with Crippen molar-refractivity contribution in [2.45, 2.75) is 27.7 Å². The molecule has 0 fully saturated rings. The minimum absolute atomic E-state index is 0.211. The number of allylic oxidation sites excluding steroid dienone is 1. The standard InChI is InChI=1S/C14H18O2/c1-11(16-13(15)14(2,3)4)10-12-8-6-5-7-9-12/h5-10H,1-4H3/b11-10-. The molecule has 0 aliphatic rings. The van der Waals surface area contributed by atoms with Crippen LogP contribution < -0.4 is 0 Å². The first-order valence-electron chi connectivity index (χ1n) is 5.35. The first-order valence-corrected chi connectivity index (χ1v) is 5.35. The Morgan fingerprint density at radius 3 is 2.25 bits per heavy atom. The summed E-state index contributed by atoms with van der Waals surface area (Å²) >= 11 is 0. The summed E-state index contributed by atoms with van der Waals surface area (Å²) in [6.45, 7) is 7.30. The van der Waals surface area contributed by atoms with Crippen molar-refractivity contribution in [2.24, 2.45) is 5.41 Å². The molecular weight excluding hydrogens is 200 g/mol. The van der Waals surface area contributed by atoms with E-state index in [-0.39, 0.29) is 5.97 Å². The maximum atomic E-state index is 11.6. The Bertz CT molecular complexity index is 383. The summed E-state index contributed by atoms with van der Waals surface area (Å²) in [7, 11) is 0. The average molecular weight is 218 g/mol. The molecule has 16 heavy (non-hydrogen) atoms. The van der Waals surface area contributed by atoms with E-state index in [9.17, 15) is 4.79 Å². The van der Waals surface area contributed by atoms with E-state index in [0.717, 1.165) is 5.56 Å². The van der Waals surface area contributed by atoms with E-state index in [1.807, 2.05) is 57.2 Å². The number of carbonyl (C=O) groups is 1. The quantitative estimate of drug-likeness (QED) is 0.559. The van der Waals surface area contributed by atoms with Crippen LogP contribution in [0.15, 0.2) is 36.1 Å². The van der Waals surface area contributed by atoms with Crippen LogP contribution >= 0.6 is 0 Å². The van der Waals surface area contributed by atoms with Gasteiger partial charge in [-0.3, -0.25) is 4.79 Å². The molecule has 0 aromatic heterocycles. The fraction of sp³-hybridized carbons (Fsp3) is 0.357. The smallest absolute Gasteiger partial charge is 0.316 e. The molecule has 0 amide bonds. The normalized spacial score (nSPS) is 12.4. The van der Waals surface area contributed by atoms with Crippen molar-refractivity contribution >= 4 is 12.0 Å². The zero-order chi connectivity index (χ0) is 12.2. The van der Waals surface area contributed by atoms with E-state index in [2.05, 4.69) is 0 Å². The van der Waals surface area contributed by atoms with E-state index >= 15 is 0 Å². The van der Waals surface area contributed by atoms with Gasteiger partial charge in [0.1, 0.15) is 5.76 Å². The van der Waals surface area contributed by atoms with Crippen LogP contribution in [0.1, 0.15) is 33.3 Å². The lowest BCUT2D eigenvalue weighted by Crippen LogP contribution is -2.22. The van der Waals surface area contributed by atoms with Crippen LogP contribution in [0.3, 0.4) is 0 Å². The molecule has 0 saturated carbocycles. The SMILES string of the molecule is C/C(=C/c1ccccc1)OC(=O)C(C)(C)C. The molecule has 0 atom stereocenters. The summed E-state index contributed by atoms with van der Waals surface area (Å²) in [5.41, 5.74) is 0.563. The molecule has 1 aromatic rings. The van der Waals surface area contributed by atoms with Gasteiger partial charge in [-0.2, -0.15) is 0 Å².